The molecule has 1 amide bonds. The van der Waals surface area contributed by atoms with Crippen molar-refractivity contribution >= 4 is 23.2 Å². The van der Waals surface area contributed by atoms with Crippen LogP contribution in [0.3, 0.4) is 0 Å². The smallest absolute Gasteiger partial charge is 0.242 e. The lowest BCUT2D eigenvalue weighted by atomic mass is 10.2. The summed E-state index contributed by atoms with van der Waals surface area (Å²) >= 11 is 5.85. The average Bonchev–Trinajstić information content (AvgIpc) is 2.29. The monoisotopic (exact) mass is 258 g/mol. The number of benzene rings is 1. The highest BCUT2D eigenvalue weighted by molar-refractivity contribution is 6.33. The molecule has 1 unspecified atom stereocenters. The van der Waals surface area contributed by atoms with Gasteiger partial charge in [0.05, 0.1) is 10.7 Å². The van der Waals surface area contributed by atoms with Gasteiger partial charge in [-0.25, -0.2) is 4.39 Å². The second kappa shape index (κ2) is 6.45. The van der Waals surface area contributed by atoms with Gasteiger partial charge >= 0.3 is 0 Å². The zero-order valence-electron chi connectivity index (χ0n) is 9.89. The molecule has 1 rings (SSSR count). The molecule has 0 radical (unpaired) electrons. The number of hydrogen-bond donors (Lipinski definition) is 2. The van der Waals surface area contributed by atoms with E-state index in [4.69, 9.17) is 11.6 Å². The lowest BCUT2D eigenvalue weighted by Crippen LogP contribution is -2.37. The first-order valence-electron chi connectivity index (χ1n) is 5.54. The highest BCUT2D eigenvalue weighted by atomic mass is 35.5. The third-order valence-electron chi connectivity index (χ3n) is 2.25. The fourth-order valence-electron chi connectivity index (χ4n) is 1.31. The minimum Gasteiger partial charge on any atom is -0.373 e. The molecule has 0 saturated heterocycles. The Labute approximate surface area is 105 Å². The minimum atomic E-state index is -0.412. The Hall–Kier alpha value is -1.29. The number of carbonyl (C=O) groups is 1. The van der Waals surface area contributed by atoms with Crippen LogP contribution in [-0.4, -0.2) is 18.5 Å². The summed E-state index contributed by atoms with van der Waals surface area (Å²) in [6, 6.07) is 3.61. The SMILES string of the molecule is CCCNC(=O)C(C)Nc1ccc(F)cc1Cl. The number of halogens is 2. The largest absolute Gasteiger partial charge is 0.373 e. The van der Waals surface area contributed by atoms with Gasteiger partial charge in [0.1, 0.15) is 11.9 Å². The summed E-state index contributed by atoms with van der Waals surface area (Å²) in [4.78, 5) is 11.6. The summed E-state index contributed by atoms with van der Waals surface area (Å²) in [5.41, 5.74) is 0.548. The molecular weight excluding hydrogens is 243 g/mol. The van der Waals surface area contributed by atoms with Crippen molar-refractivity contribution in [1.82, 2.24) is 5.32 Å². The maximum atomic E-state index is 12.8. The molecule has 94 valence electrons. The van der Waals surface area contributed by atoms with Gasteiger partial charge in [-0.2, -0.15) is 0 Å². The quantitative estimate of drug-likeness (QED) is 0.853. The zero-order valence-corrected chi connectivity index (χ0v) is 10.6. The van der Waals surface area contributed by atoms with Crippen molar-refractivity contribution in [3.05, 3.63) is 29.0 Å². The minimum absolute atomic E-state index is 0.104. The van der Waals surface area contributed by atoms with Crippen LogP contribution in [-0.2, 0) is 4.79 Å². The summed E-state index contributed by atoms with van der Waals surface area (Å²) in [6.07, 6.45) is 0.885. The summed E-state index contributed by atoms with van der Waals surface area (Å²) in [5, 5.41) is 5.96. The Morgan fingerprint density at radius 1 is 1.53 bits per heavy atom. The van der Waals surface area contributed by atoms with Crippen LogP contribution in [0.4, 0.5) is 10.1 Å². The Bertz CT molecular complexity index is 398. The van der Waals surface area contributed by atoms with Crippen LogP contribution in [0.15, 0.2) is 18.2 Å². The lowest BCUT2D eigenvalue weighted by Gasteiger charge is -2.15. The Kier molecular flexibility index (Phi) is 5.22. The van der Waals surface area contributed by atoms with Crippen molar-refractivity contribution in [2.24, 2.45) is 0 Å². The Morgan fingerprint density at radius 3 is 2.82 bits per heavy atom. The van der Waals surface area contributed by atoms with E-state index < -0.39 is 11.9 Å². The van der Waals surface area contributed by atoms with E-state index in [2.05, 4.69) is 10.6 Å². The second-order valence-electron chi connectivity index (χ2n) is 3.78. The van der Waals surface area contributed by atoms with Gasteiger partial charge in [-0.05, 0) is 31.5 Å². The van der Waals surface area contributed by atoms with Gasteiger partial charge < -0.3 is 10.6 Å². The first-order chi connectivity index (χ1) is 8.04. The topological polar surface area (TPSA) is 41.1 Å². The lowest BCUT2D eigenvalue weighted by molar-refractivity contribution is -0.121. The molecule has 1 atom stereocenters. The van der Waals surface area contributed by atoms with Crippen molar-refractivity contribution in [1.29, 1.82) is 0 Å². The number of hydrogen-bond acceptors (Lipinski definition) is 2. The molecule has 0 aliphatic rings. The standard InChI is InChI=1S/C12H16ClFN2O/c1-3-6-15-12(17)8(2)16-11-5-4-9(14)7-10(11)13/h4-5,7-8,16H,3,6H2,1-2H3,(H,15,17). The number of carbonyl (C=O) groups excluding carboxylic acids is 1. The maximum absolute atomic E-state index is 12.8. The van der Waals surface area contributed by atoms with Gasteiger partial charge in [-0.1, -0.05) is 18.5 Å². The summed E-state index contributed by atoms with van der Waals surface area (Å²) in [6.45, 7) is 4.35. The molecule has 3 nitrogen and oxygen atoms in total. The van der Waals surface area contributed by atoms with E-state index in [0.29, 0.717) is 12.2 Å². The molecule has 5 heteroatoms. The van der Waals surface area contributed by atoms with Crippen LogP contribution in [0.5, 0.6) is 0 Å². The molecule has 0 bridgehead atoms. The van der Waals surface area contributed by atoms with Gasteiger partial charge in [0.2, 0.25) is 5.91 Å². The molecule has 1 aromatic carbocycles. The summed E-state index contributed by atoms with van der Waals surface area (Å²) in [7, 11) is 0. The summed E-state index contributed by atoms with van der Waals surface area (Å²) < 4.78 is 12.8. The third-order valence-corrected chi connectivity index (χ3v) is 2.56. The van der Waals surface area contributed by atoms with Crippen molar-refractivity contribution in [2.75, 3.05) is 11.9 Å². The second-order valence-corrected chi connectivity index (χ2v) is 4.19. The number of rotatable bonds is 5. The molecule has 1 aromatic rings. The van der Waals surface area contributed by atoms with Gasteiger partial charge in [-0.3, -0.25) is 4.79 Å². The highest BCUT2D eigenvalue weighted by Crippen LogP contribution is 2.22. The Morgan fingerprint density at radius 2 is 2.24 bits per heavy atom. The van der Waals surface area contributed by atoms with E-state index in [1.54, 1.807) is 6.92 Å². The zero-order chi connectivity index (χ0) is 12.8. The van der Waals surface area contributed by atoms with Crippen molar-refractivity contribution < 1.29 is 9.18 Å². The van der Waals surface area contributed by atoms with E-state index in [9.17, 15) is 9.18 Å². The van der Waals surface area contributed by atoms with Gasteiger partial charge in [0.25, 0.3) is 0 Å². The molecule has 17 heavy (non-hydrogen) atoms. The highest BCUT2D eigenvalue weighted by Gasteiger charge is 2.13. The predicted octanol–water partition coefficient (Wildman–Crippen LogP) is 2.81. The van der Waals surface area contributed by atoms with E-state index in [1.165, 1.54) is 18.2 Å². The van der Waals surface area contributed by atoms with E-state index in [0.717, 1.165) is 6.42 Å². The van der Waals surface area contributed by atoms with Gasteiger partial charge in [0.15, 0.2) is 0 Å². The first-order valence-corrected chi connectivity index (χ1v) is 5.91. The van der Waals surface area contributed by atoms with E-state index in [1.807, 2.05) is 6.92 Å². The number of anilines is 1. The van der Waals surface area contributed by atoms with Crippen molar-refractivity contribution in [3.8, 4) is 0 Å². The molecule has 0 aromatic heterocycles. The molecule has 0 aliphatic carbocycles. The Balaban J connectivity index is 2.61. The van der Waals surface area contributed by atoms with Gasteiger partial charge in [0, 0.05) is 6.54 Å². The number of amides is 1. The molecular formula is C12H16ClFN2O. The van der Waals surface area contributed by atoms with Crippen LogP contribution >= 0.6 is 11.6 Å². The summed E-state index contributed by atoms with van der Waals surface area (Å²) in [5.74, 6) is -0.504. The molecule has 0 spiro atoms. The van der Waals surface area contributed by atoms with Gasteiger partial charge in [-0.15, -0.1) is 0 Å². The van der Waals surface area contributed by atoms with Crippen LogP contribution in [0.25, 0.3) is 0 Å². The predicted molar refractivity (Wildman–Crippen MR) is 67.8 cm³/mol. The van der Waals surface area contributed by atoms with Crippen LogP contribution < -0.4 is 10.6 Å². The maximum Gasteiger partial charge on any atom is 0.242 e. The average molecular weight is 259 g/mol. The molecule has 2 N–H and O–H groups in total. The van der Waals surface area contributed by atoms with E-state index in [-0.39, 0.29) is 10.9 Å². The fraction of sp³-hybridized carbons (Fsp3) is 0.417. The van der Waals surface area contributed by atoms with Crippen LogP contribution in [0, 0.1) is 5.82 Å². The van der Waals surface area contributed by atoms with E-state index >= 15 is 0 Å². The molecule has 0 heterocycles. The van der Waals surface area contributed by atoms with Crippen molar-refractivity contribution in [3.63, 3.8) is 0 Å². The normalized spacial score (nSPS) is 12.0. The van der Waals surface area contributed by atoms with Crippen LogP contribution in [0.2, 0.25) is 5.02 Å². The van der Waals surface area contributed by atoms with Crippen molar-refractivity contribution in [2.45, 2.75) is 26.3 Å². The molecule has 0 fully saturated rings. The first kappa shape index (κ1) is 13.8. The number of nitrogens with one attached hydrogen (secondary N) is 2. The molecule has 0 saturated carbocycles. The van der Waals surface area contributed by atoms with Crippen LogP contribution in [0.1, 0.15) is 20.3 Å². The molecule has 0 aliphatic heterocycles. The fourth-order valence-corrected chi connectivity index (χ4v) is 1.53. The third kappa shape index (κ3) is 4.23.